The molecule has 0 aliphatic carbocycles. The molecule has 102 valence electrons. The molecule has 1 fully saturated rings. The van der Waals surface area contributed by atoms with Gasteiger partial charge in [-0.25, -0.2) is 0 Å². The van der Waals surface area contributed by atoms with Crippen LogP contribution < -0.4 is 0 Å². The summed E-state index contributed by atoms with van der Waals surface area (Å²) >= 11 is 1.02. The van der Waals surface area contributed by atoms with E-state index in [-0.39, 0.29) is 17.2 Å². The van der Waals surface area contributed by atoms with Gasteiger partial charge in [0.25, 0.3) is 11.1 Å². The fraction of sp³-hybridized carbons (Fsp3) is 0.429. The number of nitrogens with zero attached hydrogens (tertiary/aromatic N) is 2. The molecule has 1 saturated heterocycles. The maximum atomic E-state index is 12.2. The molecule has 4 nitrogen and oxygen atoms in total. The Morgan fingerprint density at radius 3 is 2.32 bits per heavy atom. The molecule has 0 N–H and O–H groups in total. The Labute approximate surface area is 117 Å². The molecule has 0 spiro atoms. The zero-order valence-corrected chi connectivity index (χ0v) is 12.7. The molecule has 1 aliphatic heterocycles. The Morgan fingerprint density at radius 1 is 1.26 bits per heavy atom. The van der Waals surface area contributed by atoms with E-state index < -0.39 is 0 Å². The van der Waals surface area contributed by atoms with Crippen molar-refractivity contribution in [1.82, 2.24) is 9.47 Å². The van der Waals surface area contributed by atoms with E-state index in [1.165, 1.54) is 4.90 Å². The van der Waals surface area contributed by atoms with Crippen molar-refractivity contribution < 1.29 is 9.59 Å². The van der Waals surface area contributed by atoms with Crippen LogP contribution in [0.5, 0.6) is 0 Å². The van der Waals surface area contributed by atoms with Crippen LogP contribution >= 0.6 is 11.8 Å². The number of aryl methyl sites for hydroxylation is 1. The van der Waals surface area contributed by atoms with Gasteiger partial charge in [-0.15, -0.1) is 0 Å². The minimum absolute atomic E-state index is 0.1000. The zero-order valence-electron chi connectivity index (χ0n) is 11.9. The van der Waals surface area contributed by atoms with Crippen LogP contribution in [0.25, 0.3) is 6.08 Å². The third-order valence-electron chi connectivity index (χ3n) is 3.44. The molecule has 1 aliphatic rings. The molecule has 19 heavy (non-hydrogen) atoms. The summed E-state index contributed by atoms with van der Waals surface area (Å²) < 4.78 is 2.07. The van der Waals surface area contributed by atoms with Crippen molar-refractivity contribution in [1.29, 1.82) is 0 Å². The summed E-state index contributed by atoms with van der Waals surface area (Å²) in [6.07, 6.45) is 1.82. The molecule has 1 aromatic rings. The second-order valence-electron chi connectivity index (χ2n) is 5.03. The van der Waals surface area contributed by atoms with Crippen LogP contribution in [0.15, 0.2) is 11.0 Å². The summed E-state index contributed by atoms with van der Waals surface area (Å²) in [5.74, 6) is -0.189. The molecule has 0 aromatic carbocycles. The van der Waals surface area contributed by atoms with Gasteiger partial charge in [0.15, 0.2) is 0 Å². The predicted molar refractivity (Wildman–Crippen MR) is 77.8 cm³/mol. The molecule has 0 unspecified atom stereocenters. The standard InChI is InChI=1S/C14H18N2O2S/c1-8(2)16-13(17)12(19-14(16)18)7-11-6-9(3)15(5)10(11)4/h6-8H,1-5H3/b12-7+. The van der Waals surface area contributed by atoms with E-state index in [9.17, 15) is 9.59 Å². The van der Waals surface area contributed by atoms with Gasteiger partial charge < -0.3 is 4.57 Å². The summed E-state index contributed by atoms with van der Waals surface area (Å²) in [6, 6.07) is 1.93. The average molecular weight is 278 g/mol. The highest BCUT2D eigenvalue weighted by molar-refractivity contribution is 8.18. The normalized spacial score (nSPS) is 18.2. The number of aromatic nitrogens is 1. The third-order valence-corrected chi connectivity index (χ3v) is 4.32. The number of carbonyl (C=O) groups is 2. The quantitative estimate of drug-likeness (QED) is 0.781. The summed E-state index contributed by atoms with van der Waals surface area (Å²) in [5.41, 5.74) is 3.22. The predicted octanol–water partition coefficient (Wildman–Crippen LogP) is 3.09. The third kappa shape index (κ3) is 2.34. The highest BCUT2D eigenvalue weighted by Gasteiger charge is 2.36. The van der Waals surface area contributed by atoms with Crippen molar-refractivity contribution in [3.05, 3.63) is 27.9 Å². The van der Waals surface area contributed by atoms with Gasteiger partial charge in [0.1, 0.15) is 0 Å². The first-order valence-electron chi connectivity index (χ1n) is 6.23. The molecule has 0 radical (unpaired) electrons. The number of hydrogen-bond acceptors (Lipinski definition) is 3. The molecular weight excluding hydrogens is 260 g/mol. The van der Waals surface area contributed by atoms with Gasteiger partial charge in [-0.05, 0) is 57.2 Å². The smallest absolute Gasteiger partial charge is 0.293 e. The highest BCUT2D eigenvalue weighted by atomic mass is 32.2. The molecule has 0 saturated carbocycles. The maximum absolute atomic E-state index is 12.2. The van der Waals surface area contributed by atoms with Crippen LogP contribution in [0.2, 0.25) is 0 Å². The lowest BCUT2D eigenvalue weighted by Crippen LogP contribution is -2.34. The van der Waals surface area contributed by atoms with Gasteiger partial charge in [-0.3, -0.25) is 14.5 Å². The molecule has 0 bridgehead atoms. The molecule has 2 rings (SSSR count). The van der Waals surface area contributed by atoms with E-state index in [4.69, 9.17) is 0 Å². The van der Waals surface area contributed by atoms with Gasteiger partial charge in [0, 0.05) is 24.5 Å². The Morgan fingerprint density at radius 2 is 1.89 bits per heavy atom. The van der Waals surface area contributed by atoms with Crippen molar-refractivity contribution in [3.63, 3.8) is 0 Å². The highest BCUT2D eigenvalue weighted by Crippen LogP contribution is 2.34. The summed E-state index contributed by atoms with van der Waals surface area (Å²) in [5, 5.41) is -0.184. The lowest BCUT2D eigenvalue weighted by atomic mass is 10.2. The van der Waals surface area contributed by atoms with Crippen LogP contribution in [0, 0.1) is 13.8 Å². The average Bonchev–Trinajstić information content (AvgIpc) is 2.72. The van der Waals surface area contributed by atoms with Crippen molar-refractivity contribution in [2.24, 2.45) is 7.05 Å². The monoisotopic (exact) mass is 278 g/mol. The summed E-state index contributed by atoms with van der Waals surface area (Å²) in [6.45, 7) is 7.71. The number of thioether (sulfide) groups is 1. The maximum Gasteiger partial charge on any atom is 0.293 e. The molecule has 0 atom stereocenters. The Kier molecular flexibility index (Phi) is 3.58. The number of carbonyl (C=O) groups excluding carboxylic acids is 2. The second kappa shape index (κ2) is 4.89. The lowest BCUT2D eigenvalue weighted by molar-refractivity contribution is -0.123. The number of amides is 2. The van der Waals surface area contributed by atoms with E-state index in [1.54, 1.807) is 0 Å². The number of rotatable bonds is 2. The van der Waals surface area contributed by atoms with Gasteiger partial charge in [0.2, 0.25) is 0 Å². The first-order chi connectivity index (χ1) is 8.82. The fourth-order valence-electron chi connectivity index (χ4n) is 2.10. The molecule has 2 amide bonds. The van der Waals surface area contributed by atoms with Crippen molar-refractivity contribution in [3.8, 4) is 0 Å². The molecule has 1 aromatic heterocycles. The lowest BCUT2D eigenvalue weighted by Gasteiger charge is -2.16. The largest absolute Gasteiger partial charge is 0.352 e. The molecule has 2 heterocycles. The van der Waals surface area contributed by atoms with Crippen LogP contribution in [0.3, 0.4) is 0 Å². The van der Waals surface area contributed by atoms with Crippen LogP contribution in [0.4, 0.5) is 4.79 Å². The Hall–Kier alpha value is -1.49. The molecular formula is C14H18N2O2S. The minimum atomic E-state index is -0.189. The SMILES string of the molecule is Cc1cc(/C=C2/SC(=O)N(C(C)C)C2=O)c(C)n1C. The Balaban J connectivity index is 2.38. The first kappa shape index (κ1) is 13.9. The Bertz CT molecular complexity index is 585. The molecule has 5 heteroatoms. The van der Waals surface area contributed by atoms with Gasteiger partial charge in [-0.1, -0.05) is 0 Å². The van der Waals surface area contributed by atoms with Gasteiger partial charge >= 0.3 is 0 Å². The minimum Gasteiger partial charge on any atom is -0.352 e. The van der Waals surface area contributed by atoms with Crippen molar-refractivity contribution in [2.45, 2.75) is 33.7 Å². The van der Waals surface area contributed by atoms with Crippen LogP contribution in [-0.2, 0) is 11.8 Å². The van der Waals surface area contributed by atoms with Gasteiger partial charge in [-0.2, -0.15) is 0 Å². The zero-order chi connectivity index (χ0) is 14.3. The fourth-order valence-corrected chi connectivity index (χ4v) is 3.05. The van der Waals surface area contributed by atoms with E-state index >= 15 is 0 Å². The van der Waals surface area contributed by atoms with Crippen LogP contribution in [0.1, 0.15) is 30.8 Å². The van der Waals surface area contributed by atoms with Crippen molar-refractivity contribution in [2.75, 3.05) is 0 Å². The summed E-state index contributed by atoms with van der Waals surface area (Å²) in [7, 11) is 1.99. The number of hydrogen-bond donors (Lipinski definition) is 0. The second-order valence-corrected chi connectivity index (χ2v) is 6.02. The first-order valence-corrected chi connectivity index (χ1v) is 7.04. The van der Waals surface area contributed by atoms with Gasteiger partial charge in [0.05, 0.1) is 4.91 Å². The van der Waals surface area contributed by atoms with E-state index in [0.29, 0.717) is 4.91 Å². The van der Waals surface area contributed by atoms with E-state index in [0.717, 1.165) is 28.7 Å². The topological polar surface area (TPSA) is 42.3 Å². The van der Waals surface area contributed by atoms with E-state index in [1.807, 2.05) is 46.9 Å². The number of imide groups is 1. The van der Waals surface area contributed by atoms with Crippen molar-refractivity contribution >= 4 is 29.0 Å². The van der Waals surface area contributed by atoms with E-state index in [2.05, 4.69) is 4.57 Å². The summed E-state index contributed by atoms with van der Waals surface area (Å²) in [4.78, 5) is 25.8. The van der Waals surface area contributed by atoms with Crippen LogP contribution in [-0.4, -0.2) is 26.7 Å².